The van der Waals surface area contributed by atoms with Gasteiger partial charge in [-0.3, -0.25) is 10.1 Å². The molecule has 1 aliphatic carbocycles. The first kappa shape index (κ1) is 17.3. The van der Waals surface area contributed by atoms with Gasteiger partial charge in [-0.25, -0.2) is 18.7 Å². The molecule has 3 aromatic rings. The summed E-state index contributed by atoms with van der Waals surface area (Å²) in [5.74, 6) is 1.46. The van der Waals surface area contributed by atoms with Crippen molar-refractivity contribution < 1.29 is 8.78 Å². The van der Waals surface area contributed by atoms with Crippen molar-refractivity contribution in [2.75, 3.05) is 10.6 Å². The first-order valence-corrected chi connectivity index (χ1v) is 8.73. The van der Waals surface area contributed by atoms with Gasteiger partial charge < -0.3 is 10.6 Å². The molecule has 1 aliphatic rings. The molecule has 0 saturated heterocycles. The zero-order valence-corrected chi connectivity index (χ0v) is 14.9. The molecule has 3 aromatic heterocycles. The summed E-state index contributed by atoms with van der Waals surface area (Å²) in [5.41, 5.74) is 1.23. The van der Waals surface area contributed by atoms with Crippen molar-refractivity contribution in [3.05, 3.63) is 53.2 Å². The number of H-pyrrole nitrogens is 1. The highest BCUT2D eigenvalue weighted by molar-refractivity contribution is 5.57. The molecule has 0 spiro atoms. The van der Waals surface area contributed by atoms with Crippen molar-refractivity contribution in [3.63, 3.8) is 0 Å². The van der Waals surface area contributed by atoms with E-state index in [-0.39, 0.29) is 5.69 Å². The fourth-order valence-electron chi connectivity index (χ4n) is 2.87. The van der Waals surface area contributed by atoms with Gasteiger partial charge in [-0.1, -0.05) is 0 Å². The summed E-state index contributed by atoms with van der Waals surface area (Å²) < 4.78 is 27.0. The van der Waals surface area contributed by atoms with Crippen LogP contribution < -0.4 is 10.6 Å². The van der Waals surface area contributed by atoms with E-state index in [1.54, 1.807) is 19.9 Å². The van der Waals surface area contributed by atoms with Crippen molar-refractivity contribution in [2.45, 2.75) is 38.6 Å². The Morgan fingerprint density at radius 2 is 1.89 bits per heavy atom. The second-order valence-corrected chi connectivity index (χ2v) is 6.68. The number of rotatable bonds is 6. The lowest BCUT2D eigenvalue weighted by molar-refractivity contribution is 0.550. The van der Waals surface area contributed by atoms with Gasteiger partial charge in [0.15, 0.2) is 5.82 Å². The number of nitrogens with zero attached hydrogens (tertiary/aromatic N) is 4. The molecular formula is C18H19F2N7. The molecule has 7 nitrogen and oxygen atoms in total. The Hall–Kier alpha value is -3.10. The zero-order valence-electron chi connectivity index (χ0n) is 14.9. The van der Waals surface area contributed by atoms with Crippen LogP contribution in [-0.2, 0) is 0 Å². The maximum absolute atomic E-state index is 13.9. The first-order chi connectivity index (χ1) is 13.0. The molecule has 0 bridgehead atoms. The molecule has 3 heterocycles. The van der Waals surface area contributed by atoms with Crippen molar-refractivity contribution in [3.8, 4) is 0 Å². The quantitative estimate of drug-likeness (QED) is 0.607. The number of aromatic nitrogens is 5. The van der Waals surface area contributed by atoms with E-state index in [1.807, 2.05) is 6.07 Å². The third-order valence-electron chi connectivity index (χ3n) is 4.32. The average Bonchev–Trinajstić information content (AvgIpc) is 3.34. The lowest BCUT2D eigenvalue weighted by Crippen LogP contribution is -2.13. The van der Waals surface area contributed by atoms with Crippen molar-refractivity contribution in [1.82, 2.24) is 25.1 Å². The van der Waals surface area contributed by atoms with Gasteiger partial charge in [0.05, 0.1) is 17.9 Å². The molecule has 3 N–H and O–H groups in total. The lowest BCUT2D eigenvalue weighted by Gasteiger charge is -2.15. The van der Waals surface area contributed by atoms with Crippen LogP contribution in [0.4, 0.5) is 26.2 Å². The molecule has 0 aliphatic heterocycles. The Morgan fingerprint density at radius 1 is 1.11 bits per heavy atom. The minimum absolute atomic E-state index is 0.114. The Bertz CT molecular complexity index is 968. The molecule has 1 fully saturated rings. The van der Waals surface area contributed by atoms with Gasteiger partial charge in [0.25, 0.3) is 0 Å². The van der Waals surface area contributed by atoms with Crippen LogP contribution in [0.3, 0.4) is 0 Å². The van der Waals surface area contributed by atoms with E-state index < -0.39 is 17.7 Å². The number of hydrogen-bond acceptors (Lipinski definition) is 6. The molecule has 4 rings (SSSR count). The van der Waals surface area contributed by atoms with Crippen LogP contribution in [0.15, 0.2) is 24.4 Å². The number of aromatic amines is 1. The largest absolute Gasteiger partial charge is 0.362 e. The monoisotopic (exact) mass is 371 g/mol. The maximum Gasteiger partial charge on any atom is 0.153 e. The number of pyridine rings is 1. The third-order valence-corrected chi connectivity index (χ3v) is 4.32. The second-order valence-electron chi connectivity index (χ2n) is 6.68. The van der Waals surface area contributed by atoms with Crippen molar-refractivity contribution >= 4 is 17.5 Å². The van der Waals surface area contributed by atoms with Crippen LogP contribution in [0.25, 0.3) is 0 Å². The van der Waals surface area contributed by atoms with E-state index >= 15 is 0 Å². The summed E-state index contributed by atoms with van der Waals surface area (Å²) in [6, 6.07) is 3.99. The van der Waals surface area contributed by atoms with Gasteiger partial charge in [0.1, 0.15) is 29.1 Å². The van der Waals surface area contributed by atoms with Crippen molar-refractivity contribution in [2.24, 2.45) is 0 Å². The minimum atomic E-state index is -0.711. The van der Waals surface area contributed by atoms with E-state index in [9.17, 15) is 8.78 Å². The van der Waals surface area contributed by atoms with E-state index in [0.29, 0.717) is 29.2 Å². The Morgan fingerprint density at radius 3 is 2.63 bits per heavy atom. The number of aryl methyl sites for hydroxylation is 1. The average molecular weight is 371 g/mol. The highest BCUT2D eigenvalue weighted by atomic mass is 19.1. The van der Waals surface area contributed by atoms with Gasteiger partial charge in [-0.2, -0.15) is 5.10 Å². The van der Waals surface area contributed by atoms with Gasteiger partial charge in [-0.05, 0) is 26.7 Å². The molecule has 1 saturated carbocycles. The summed E-state index contributed by atoms with van der Waals surface area (Å²) in [6.45, 7) is 3.49. The van der Waals surface area contributed by atoms with E-state index in [1.165, 1.54) is 12.8 Å². The number of nitrogens with one attached hydrogen (secondary N) is 3. The third kappa shape index (κ3) is 4.02. The Kier molecular flexibility index (Phi) is 4.43. The predicted molar refractivity (Wildman–Crippen MR) is 96.8 cm³/mol. The summed E-state index contributed by atoms with van der Waals surface area (Å²) in [7, 11) is 0. The SMILES string of the molecule is Cc1nc(Nc2cc(C3CC3)[nH]n2)cc(NC(C)c2ncc(F)cc2F)n1. The maximum atomic E-state index is 13.9. The molecule has 0 amide bonds. The fourth-order valence-corrected chi connectivity index (χ4v) is 2.87. The second kappa shape index (κ2) is 6.90. The van der Waals surface area contributed by atoms with Gasteiger partial charge in [0.2, 0.25) is 0 Å². The van der Waals surface area contributed by atoms with Gasteiger partial charge in [0, 0.05) is 29.8 Å². The first-order valence-electron chi connectivity index (χ1n) is 8.73. The molecule has 140 valence electrons. The lowest BCUT2D eigenvalue weighted by atomic mass is 10.2. The molecule has 0 radical (unpaired) electrons. The molecule has 27 heavy (non-hydrogen) atoms. The highest BCUT2D eigenvalue weighted by Gasteiger charge is 2.25. The minimum Gasteiger partial charge on any atom is -0.362 e. The Balaban J connectivity index is 1.50. The standard InChI is InChI=1S/C18H19F2N7/c1-9(18-13(20)5-12(19)8-21-18)22-15-7-16(24-10(2)23-15)25-17-6-14(26-27-17)11-3-4-11/h5-9,11H,3-4H2,1-2H3,(H3,22,23,24,25,26,27). The smallest absolute Gasteiger partial charge is 0.153 e. The van der Waals surface area contributed by atoms with E-state index in [4.69, 9.17) is 0 Å². The number of anilines is 3. The predicted octanol–water partition coefficient (Wildman–Crippen LogP) is 3.98. The summed E-state index contributed by atoms with van der Waals surface area (Å²) in [4.78, 5) is 12.5. The van der Waals surface area contributed by atoms with Crippen LogP contribution in [0.1, 0.15) is 48.9 Å². The topological polar surface area (TPSA) is 91.4 Å². The normalized spacial score (nSPS) is 14.8. The van der Waals surface area contributed by atoms with Crippen molar-refractivity contribution in [1.29, 1.82) is 0 Å². The van der Waals surface area contributed by atoms with Crippen LogP contribution in [0.5, 0.6) is 0 Å². The summed E-state index contributed by atoms with van der Waals surface area (Å²) in [6.07, 6.45) is 3.37. The summed E-state index contributed by atoms with van der Waals surface area (Å²) >= 11 is 0. The fraction of sp³-hybridized carbons (Fsp3) is 0.333. The molecule has 1 unspecified atom stereocenters. The number of hydrogen-bond donors (Lipinski definition) is 3. The summed E-state index contributed by atoms with van der Waals surface area (Å²) in [5, 5.41) is 13.5. The molecule has 1 atom stereocenters. The Labute approximate surface area is 154 Å². The van der Waals surface area contributed by atoms with E-state index in [0.717, 1.165) is 18.0 Å². The number of halogens is 2. The van der Waals surface area contributed by atoms with Crippen LogP contribution in [0, 0.1) is 18.6 Å². The molecule has 0 aromatic carbocycles. The van der Waals surface area contributed by atoms with Gasteiger partial charge >= 0.3 is 0 Å². The van der Waals surface area contributed by atoms with Gasteiger partial charge in [-0.15, -0.1) is 0 Å². The molecular weight excluding hydrogens is 352 g/mol. The highest BCUT2D eigenvalue weighted by Crippen LogP contribution is 2.39. The zero-order chi connectivity index (χ0) is 19.0. The van der Waals surface area contributed by atoms with Crippen LogP contribution >= 0.6 is 0 Å². The van der Waals surface area contributed by atoms with E-state index in [2.05, 4.69) is 35.8 Å². The molecule has 9 heteroatoms. The van der Waals surface area contributed by atoms with Crippen LogP contribution in [-0.4, -0.2) is 25.1 Å². The van der Waals surface area contributed by atoms with Crippen LogP contribution in [0.2, 0.25) is 0 Å².